The lowest BCUT2D eigenvalue weighted by molar-refractivity contribution is 0.355. The van der Waals surface area contributed by atoms with Crippen molar-refractivity contribution in [3.8, 4) is 11.5 Å². The molecule has 1 heterocycles. The van der Waals surface area contributed by atoms with E-state index in [1.807, 2.05) is 37.3 Å². The number of methoxy groups -OCH3 is 2. The molecule has 1 aromatic carbocycles. The summed E-state index contributed by atoms with van der Waals surface area (Å²) in [6.07, 6.45) is 1.80. The summed E-state index contributed by atoms with van der Waals surface area (Å²) in [4.78, 5) is 4.36. The normalized spacial score (nSPS) is 11.8. The number of hydrogen-bond acceptors (Lipinski definition) is 4. The molecule has 0 spiro atoms. The number of anilines is 1. The SMILES string of the molecule is COc1cc(C)c(NC(C)c2ccccn2)cc1OC. The van der Waals surface area contributed by atoms with E-state index >= 15 is 0 Å². The highest BCUT2D eigenvalue weighted by atomic mass is 16.5. The highest BCUT2D eigenvalue weighted by Crippen LogP contribution is 2.34. The molecule has 0 bridgehead atoms. The van der Waals surface area contributed by atoms with Crippen molar-refractivity contribution in [2.75, 3.05) is 19.5 Å². The number of ether oxygens (including phenoxy) is 2. The molecule has 106 valence electrons. The molecule has 4 nitrogen and oxygen atoms in total. The van der Waals surface area contributed by atoms with Gasteiger partial charge in [-0.1, -0.05) is 6.07 Å². The van der Waals surface area contributed by atoms with Gasteiger partial charge in [-0.15, -0.1) is 0 Å². The maximum absolute atomic E-state index is 5.34. The highest BCUT2D eigenvalue weighted by Gasteiger charge is 2.12. The Morgan fingerprint density at radius 1 is 1.10 bits per heavy atom. The van der Waals surface area contributed by atoms with E-state index in [0.717, 1.165) is 22.7 Å². The first-order valence-corrected chi connectivity index (χ1v) is 6.55. The van der Waals surface area contributed by atoms with E-state index in [1.54, 1.807) is 20.4 Å². The molecule has 0 amide bonds. The van der Waals surface area contributed by atoms with Crippen LogP contribution in [0.4, 0.5) is 5.69 Å². The van der Waals surface area contributed by atoms with Crippen molar-refractivity contribution in [3.63, 3.8) is 0 Å². The van der Waals surface area contributed by atoms with Gasteiger partial charge < -0.3 is 14.8 Å². The Kier molecular flexibility index (Phi) is 4.45. The van der Waals surface area contributed by atoms with Crippen LogP contribution < -0.4 is 14.8 Å². The fraction of sp³-hybridized carbons (Fsp3) is 0.312. The lowest BCUT2D eigenvalue weighted by Gasteiger charge is -2.18. The van der Waals surface area contributed by atoms with Crippen LogP contribution in [0.5, 0.6) is 11.5 Å². The van der Waals surface area contributed by atoms with Gasteiger partial charge in [-0.3, -0.25) is 4.98 Å². The Balaban J connectivity index is 2.25. The summed E-state index contributed by atoms with van der Waals surface area (Å²) in [5.41, 5.74) is 3.12. The molecule has 1 atom stereocenters. The number of pyridine rings is 1. The average Bonchev–Trinajstić information content (AvgIpc) is 2.49. The maximum atomic E-state index is 5.34. The van der Waals surface area contributed by atoms with Gasteiger partial charge in [-0.25, -0.2) is 0 Å². The molecule has 1 unspecified atom stereocenters. The summed E-state index contributed by atoms with van der Waals surface area (Å²) in [6.45, 7) is 4.12. The van der Waals surface area contributed by atoms with Gasteiger partial charge in [0.1, 0.15) is 0 Å². The molecule has 0 fully saturated rings. The standard InChI is InChI=1S/C16H20N2O2/c1-11-9-15(19-3)16(20-4)10-14(11)18-12(2)13-7-5-6-8-17-13/h5-10,12,18H,1-4H3. The van der Waals surface area contributed by atoms with E-state index in [-0.39, 0.29) is 6.04 Å². The van der Waals surface area contributed by atoms with Crippen LogP contribution in [0, 0.1) is 6.92 Å². The van der Waals surface area contributed by atoms with E-state index in [9.17, 15) is 0 Å². The smallest absolute Gasteiger partial charge is 0.162 e. The van der Waals surface area contributed by atoms with Crippen molar-refractivity contribution >= 4 is 5.69 Å². The van der Waals surface area contributed by atoms with Gasteiger partial charge >= 0.3 is 0 Å². The first kappa shape index (κ1) is 14.2. The lowest BCUT2D eigenvalue weighted by atomic mass is 10.1. The largest absolute Gasteiger partial charge is 0.493 e. The Hall–Kier alpha value is -2.23. The Morgan fingerprint density at radius 3 is 2.40 bits per heavy atom. The van der Waals surface area contributed by atoms with Crippen LogP contribution >= 0.6 is 0 Å². The quantitative estimate of drug-likeness (QED) is 0.903. The van der Waals surface area contributed by atoms with Crippen molar-refractivity contribution in [1.82, 2.24) is 4.98 Å². The molecule has 4 heteroatoms. The minimum Gasteiger partial charge on any atom is -0.493 e. The molecule has 1 N–H and O–H groups in total. The highest BCUT2D eigenvalue weighted by molar-refractivity contribution is 5.60. The monoisotopic (exact) mass is 272 g/mol. The lowest BCUT2D eigenvalue weighted by Crippen LogP contribution is -2.09. The first-order chi connectivity index (χ1) is 9.65. The number of nitrogens with one attached hydrogen (secondary N) is 1. The second-order valence-corrected chi connectivity index (χ2v) is 4.64. The molecular weight excluding hydrogens is 252 g/mol. The van der Waals surface area contributed by atoms with Gasteiger partial charge in [0.05, 0.1) is 26.0 Å². The van der Waals surface area contributed by atoms with E-state index in [2.05, 4.69) is 17.2 Å². The summed E-state index contributed by atoms with van der Waals surface area (Å²) in [6, 6.07) is 9.95. The first-order valence-electron chi connectivity index (χ1n) is 6.55. The molecule has 2 aromatic rings. The minimum absolute atomic E-state index is 0.119. The number of nitrogens with zero attached hydrogens (tertiary/aromatic N) is 1. The minimum atomic E-state index is 0.119. The topological polar surface area (TPSA) is 43.4 Å². The van der Waals surface area contributed by atoms with Crippen molar-refractivity contribution in [2.45, 2.75) is 19.9 Å². The molecule has 0 aliphatic rings. The Labute approximate surface area is 119 Å². The zero-order chi connectivity index (χ0) is 14.5. The van der Waals surface area contributed by atoms with Crippen LogP contribution in [-0.2, 0) is 0 Å². The average molecular weight is 272 g/mol. The van der Waals surface area contributed by atoms with Crippen LogP contribution in [0.3, 0.4) is 0 Å². The molecule has 1 aromatic heterocycles. The van der Waals surface area contributed by atoms with Gasteiger partial charge in [-0.2, -0.15) is 0 Å². The van der Waals surface area contributed by atoms with E-state index in [1.165, 1.54) is 0 Å². The number of aromatic nitrogens is 1. The molecular formula is C16H20N2O2. The third-order valence-electron chi connectivity index (χ3n) is 3.23. The third-order valence-corrected chi connectivity index (χ3v) is 3.23. The molecule has 0 saturated heterocycles. The zero-order valence-corrected chi connectivity index (χ0v) is 12.3. The summed E-state index contributed by atoms with van der Waals surface area (Å²) in [5.74, 6) is 1.45. The van der Waals surface area contributed by atoms with Gasteiger partial charge in [-0.05, 0) is 37.6 Å². The van der Waals surface area contributed by atoms with E-state index in [0.29, 0.717) is 5.75 Å². The molecule has 0 saturated carbocycles. The van der Waals surface area contributed by atoms with Gasteiger partial charge in [0.25, 0.3) is 0 Å². The molecule has 2 rings (SSSR count). The predicted molar refractivity (Wildman–Crippen MR) is 80.6 cm³/mol. The second-order valence-electron chi connectivity index (χ2n) is 4.64. The molecule has 20 heavy (non-hydrogen) atoms. The van der Waals surface area contributed by atoms with E-state index < -0.39 is 0 Å². The van der Waals surface area contributed by atoms with Gasteiger partial charge in [0.15, 0.2) is 11.5 Å². The van der Waals surface area contributed by atoms with Crippen molar-refractivity contribution in [3.05, 3.63) is 47.8 Å². The predicted octanol–water partition coefficient (Wildman–Crippen LogP) is 3.58. The van der Waals surface area contributed by atoms with Crippen LogP contribution in [0.2, 0.25) is 0 Å². The number of rotatable bonds is 5. The summed E-state index contributed by atoms with van der Waals surface area (Å²) < 4.78 is 10.6. The number of aryl methyl sites for hydroxylation is 1. The van der Waals surface area contributed by atoms with Gasteiger partial charge in [0.2, 0.25) is 0 Å². The van der Waals surface area contributed by atoms with E-state index in [4.69, 9.17) is 9.47 Å². The summed E-state index contributed by atoms with van der Waals surface area (Å²) in [5, 5.41) is 3.45. The molecule has 0 aliphatic heterocycles. The van der Waals surface area contributed by atoms with Crippen molar-refractivity contribution in [1.29, 1.82) is 0 Å². The fourth-order valence-corrected chi connectivity index (χ4v) is 2.08. The molecule has 0 radical (unpaired) electrons. The Bertz CT molecular complexity index is 570. The maximum Gasteiger partial charge on any atom is 0.162 e. The second kappa shape index (κ2) is 6.28. The van der Waals surface area contributed by atoms with Crippen LogP contribution in [0.15, 0.2) is 36.5 Å². The van der Waals surface area contributed by atoms with Crippen LogP contribution in [0.1, 0.15) is 24.2 Å². The number of benzene rings is 1. The van der Waals surface area contributed by atoms with Gasteiger partial charge in [0, 0.05) is 18.0 Å². The summed E-state index contributed by atoms with van der Waals surface area (Å²) >= 11 is 0. The van der Waals surface area contributed by atoms with Crippen molar-refractivity contribution < 1.29 is 9.47 Å². The molecule has 0 aliphatic carbocycles. The van der Waals surface area contributed by atoms with Crippen LogP contribution in [0.25, 0.3) is 0 Å². The van der Waals surface area contributed by atoms with Crippen molar-refractivity contribution in [2.24, 2.45) is 0 Å². The van der Waals surface area contributed by atoms with Crippen LogP contribution in [-0.4, -0.2) is 19.2 Å². The third kappa shape index (κ3) is 3.02. The fourth-order valence-electron chi connectivity index (χ4n) is 2.08. The number of hydrogen-bond donors (Lipinski definition) is 1. The Morgan fingerprint density at radius 2 is 1.80 bits per heavy atom. The summed E-state index contributed by atoms with van der Waals surface area (Å²) in [7, 11) is 3.28. The zero-order valence-electron chi connectivity index (χ0n) is 12.3.